The van der Waals surface area contributed by atoms with Gasteiger partial charge < -0.3 is 13.7 Å². The minimum atomic E-state index is -0.386. The number of nitrogens with zero attached hydrogens (tertiary/aromatic N) is 4. The number of aromatic nitrogens is 2. The number of hydrogen-bond donors (Lipinski definition) is 0. The van der Waals surface area contributed by atoms with Gasteiger partial charge in [-0.3, -0.25) is 14.6 Å². The first kappa shape index (κ1) is 26.9. The third kappa shape index (κ3) is 5.88. The van der Waals surface area contributed by atoms with Gasteiger partial charge in [-0.2, -0.15) is 0 Å². The van der Waals surface area contributed by atoms with E-state index in [0.29, 0.717) is 24.4 Å². The molecule has 0 radical (unpaired) electrons. The van der Waals surface area contributed by atoms with Gasteiger partial charge >= 0.3 is 12.0 Å². The number of carbonyl (C=O) groups excluding carboxylic acids is 3. The average molecular weight is 519 g/mol. The van der Waals surface area contributed by atoms with E-state index in [1.807, 2.05) is 19.1 Å². The van der Waals surface area contributed by atoms with E-state index in [4.69, 9.17) is 9.15 Å². The van der Waals surface area contributed by atoms with Crippen LogP contribution in [-0.4, -0.2) is 50.9 Å². The van der Waals surface area contributed by atoms with Crippen LogP contribution in [-0.2, 0) is 29.0 Å². The van der Waals surface area contributed by atoms with Gasteiger partial charge in [-0.05, 0) is 42.7 Å². The van der Waals surface area contributed by atoms with Gasteiger partial charge in [-0.25, -0.2) is 14.6 Å². The Bertz CT molecular complexity index is 1290. The molecule has 2 aromatic heterocycles. The lowest BCUT2D eigenvalue weighted by Crippen LogP contribution is -2.33. The molecule has 3 amide bonds. The summed E-state index contributed by atoms with van der Waals surface area (Å²) < 4.78 is 12.1. The summed E-state index contributed by atoms with van der Waals surface area (Å²) in [6.07, 6.45) is 11.0. The Kier molecular flexibility index (Phi) is 8.78. The van der Waals surface area contributed by atoms with Crippen molar-refractivity contribution < 1.29 is 23.5 Å². The number of aryl methyl sites for hydroxylation is 1. The normalized spacial score (nSPS) is 14.7. The van der Waals surface area contributed by atoms with E-state index in [-0.39, 0.29) is 24.5 Å². The lowest BCUT2D eigenvalue weighted by molar-refractivity contribution is -0.123. The lowest BCUT2D eigenvalue weighted by atomic mass is 10.1. The van der Waals surface area contributed by atoms with Crippen LogP contribution in [0.4, 0.5) is 4.79 Å². The molecule has 0 spiro atoms. The molecule has 9 heteroatoms. The summed E-state index contributed by atoms with van der Waals surface area (Å²) in [6, 6.07) is 8.70. The maximum absolute atomic E-state index is 13.4. The van der Waals surface area contributed by atoms with Gasteiger partial charge in [0.2, 0.25) is 0 Å². The van der Waals surface area contributed by atoms with Crippen LogP contribution in [0.2, 0.25) is 0 Å². The minimum absolute atomic E-state index is 0.237. The molecule has 1 aliphatic heterocycles. The molecule has 1 fully saturated rings. The highest BCUT2D eigenvalue weighted by molar-refractivity contribution is 6.13. The summed E-state index contributed by atoms with van der Waals surface area (Å²) in [7, 11) is 1.36. The molecular formula is C29H34N4O5. The SMILES string of the molecule is CCCCc1ncc(/C=C2/C(=O)N(CCCC)C(=O)N2Cc2ccoc2)n1Cc1ccc(C(=O)OC)cc1. The molecule has 0 unspecified atom stereocenters. The molecule has 1 aliphatic rings. The van der Waals surface area contributed by atoms with E-state index in [1.54, 1.807) is 43.0 Å². The number of hydrogen-bond acceptors (Lipinski definition) is 6. The molecule has 1 aromatic carbocycles. The molecule has 9 nitrogen and oxygen atoms in total. The number of furan rings is 1. The number of rotatable bonds is 12. The fourth-order valence-corrected chi connectivity index (χ4v) is 4.41. The van der Waals surface area contributed by atoms with Crippen LogP contribution in [0.5, 0.6) is 0 Å². The molecule has 38 heavy (non-hydrogen) atoms. The zero-order valence-electron chi connectivity index (χ0n) is 22.2. The molecule has 4 rings (SSSR count). The summed E-state index contributed by atoms with van der Waals surface area (Å²) in [6.45, 7) is 5.27. The zero-order chi connectivity index (χ0) is 27.1. The second-order valence-electron chi connectivity index (χ2n) is 9.32. The number of esters is 1. The molecule has 3 aromatic rings. The number of carbonyl (C=O) groups is 3. The molecule has 0 bridgehead atoms. The standard InChI is InChI=1S/C29H34N4O5/c1-4-6-8-26-30-17-24(32(26)18-21-9-11-23(12-10-21)28(35)37-3)16-25-27(34)31(14-7-5-2)29(36)33(25)19-22-13-15-38-20-22/h9-13,15-17,20H,4-8,14,18-19H2,1-3H3/b25-16-. The number of imide groups is 1. The van der Waals surface area contributed by atoms with Crippen molar-refractivity contribution in [3.05, 3.63) is 83.0 Å². The molecule has 0 N–H and O–H groups in total. The van der Waals surface area contributed by atoms with Crippen molar-refractivity contribution in [1.82, 2.24) is 19.4 Å². The van der Waals surface area contributed by atoms with E-state index in [0.717, 1.165) is 54.7 Å². The number of methoxy groups -OCH3 is 1. The number of amides is 3. The highest BCUT2D eigenvalue weighted by Gasteiger charge is 2.40. The second-order valence-corrected chi connectivity index (χ2v) is 9.32. The summed E-state index contributed by atoms with van der Waals surface area (Å²) in [5.74, 6) is 0.206. The fraction of sp³-hybridized carbons (Fsp3) is 0.379. The van der Waals surface area contributed by atoms with Crippen molar-refractivity contribution in [2.75, 3.05) is 13.7 Å². The summed E-state index contributed by atoms with van der Waals surface area (Å²) in [5, 5.41) is 0. The van der Waals surface area contributed by atoms with E-state index < -0.39 is 0 Å². The van der Waals surface area contributed by atoms with Crippen molar-refractivity contribution in [1.29, 1.82) is 0 Å². The van der Waals surface area contributed by atoms with Gasteiger partial charge in [0.25, 0.3) is 5.91 Å². The second kappa shape index (κ2) is 12.4. The van der Waals surface area contributed by atoms with Crippen molar-refractivity contribution >= 4 is 24.0 Å². The monoisotopic (exact) mass is 518 g/mol. The van der Waals surface area contributed by atoms with Gasteiger partial charge in [0, 0.05) is 25.1 Å². The van der Waals surface area contributed by atoms with E-state index in [1.165, 1.54) is 16.9 Å². The van der Waals surface area contributed by atoms with E-state index in [2.05, 4.69) is 16.5 Å². The van der Waals surface area contributed by atoms with Crippen LogP contribution in [0.15, 0.2) is 59.2 Å². The summed E-state index contributed by atoms with van der Waals surface area (Å²) in [4.78, 5) is 46.1. The first-order valence-corrected chi connectivity index (χ1v) is 13.0. The van der Waals surface area contributed by atoms with Crippen molar-refractivity contribution in [2.24, 2.45) is 0 Å². The maximum atomic E-state index is 13.4. The molecule has 1 saturated heterocycles. The van der Waals surface area contributed by atoms with Crippen LogP contribution in [0, 0.1) is 0 Å². The number of urea groups is 1. The number of unbranched alkanes of at least 4 members (excludes halogenated alkanes) is 2. The Labute approximate surface area is 222 Å². The smallest absolute Gasteiger partial charge is 0.337 e. The van der Waals surface area contributed by atoms with Crippen LogP contribution < -0.4 is 0 Å². The first-order chi connectivity index (χ1) is 18.5. The molecule has 200 valence electrons. The zero-order valence-corrected chi connectivity index (χ0v) is 22.2. The Morgan fingerprint density at radius 2 is 1.76 bits per heavy atom. The molecule has 3 heterocycles. The first-order valence-electron chi connectivity index (χ1n) is 13.0. The van der Waals surface area contributed by atoms with Crippen LogP contribution in [0.25, 0.3) is 6.08 Å². The van der Waals surface area contributed by atoms with Crippen LogP contribution in [0.1, 0.15) is 72.5 Å². The third-order valence-electron chi connectivity index (χ3n) is 6.60. The van der Waals surface area contributed by atoms with E-state index in [9.17, 15) is 14.4 Å². The van der Waals surface area contributed by atoms with Crippen molar-refractivity contribution in [2.45, 2.75) is 59.0 Å². The molecule has 0 saturated carbocycles. The molecule has 0 aliphatic carbocycles. The highest BCUT2D eigenvalue weighted by atomic mass is 16.5. The van der Waals surface area contributed by atoms with Crippen molar-refractivity contribution in [3.8, 4) is 0 Å². The Morgan fingerprint density at radius 1 is 1.00 bits per heavy atom. The fourth-order valence-electron chi connectivity index (χ4n) is 4.41. The highest BCUT2D eigenvalue weighted by Crippen LogP contribution is 2.27. The van der Waals surface area contributed by atoms with Crippen LogP contribution in [0.3, 0.4) is 0 Å². The topological polar surface area (TPSA) is 97.9 Å². The quantitative estimate of drug-likeness (QED) is 0.184. The number of imidazole rings is 1. The van der Waals surface area contributed by atoms with Gasteiger partial charge in [0.05, 0.1) is 43.6 Å². The predicted octanol–water partition coefficient (Wildman–Crippen LogP) is 5.26. The largest absolute Gasteiger partial charge is 0.472 e. The Hall–Kier alpha value is -4.14. The predicted molar refractivity (Wildman–Crippen MR) is 142 cm³/mol. The summed E-state index contributed by atoms with van der Waals surface area (Å²) >= 11 is 0. The maximum Gasteiger partial charge on any atom is 0.337 e. The summed E-state index contributed by atoms with van der Waals surface area (Å²) in [5.41, 5.74) is 3.31. The Balaban J connectivity index is 1.70. The van der Waals surface area contributed by atoms with Gasteiger partial charge in [0.15, 0.2) is 0 Å². The molecular weight excluding hydrogens is 484 g/mol. The van der Waals surface area contributed by atoms with Crippen molar-refractivity contribution in [3.63, 3.8) is 0 Å². The number of ether oxygens (including phenoxy) is 1. The van der Waals surface area contributed by atoms with Gasteiger partial charge in [0.1, 0.15) is 11.5 Å². The minimum Gasteiger partial charge on any atom is -0.472 e. The number of benzene rings is 1. The van der Waals surface area contributed by atoms with Gasteiger partial charge in [-0.15, -0.1) is 0 Å². The lowest BCUT2D eigenvalue weighted by Gasteiger charge is -2.16. The molecule has 0 atom stereocenters. The third-order valence-corrected chi connectivity index (χ3v) is 6.60. The van der Waals surface area contributed by atoms with E-state index >= 15 is 0 Å². The van der Waals surface area contributed by atoms with Crippen LogP contribution >= 0.6 is 0 Å². The van der Waals surface area contributed by atoms with Gasteiger partial charge in [-0.1, -0.05) is 38.8 Å². The Morgan fingerprint density at radius 3 is 2.42 bits per heavy atom. The average Bonchev–Trinajstić information content (AvgIpc) is 3.63.